The quantitative estimate of drug-likeness (QED) is 0.0679. The summed E-state index contributed by atoms with van der Waals surface area (Å²) in [6.07, 6.45) is 48.7. The molecule has 0 heterocycles. The Labute approximate surface area is 256 Å². The second-order valence-electron chi connectivity index (χ2n) is 11.6. The van der Waals surface area contributed by atoms with Crippen LogP contribution in [0.15, 0.2) is 37.5 Å². The van der Waals surface area contributed by atoms with Crippen molar-refractivity contribution in [3.63, 3.8) is 0 Å². The summed E-state index contributed by atoms with van der Waals surface area (Å²) in [6, 6.07) is 0. The first-order chi connectivity index (χ1) is 19.8. The molecule has 0 aliphatic rings. The number of unbranched alkanes of at least 4 members (excludes halogenated alkanes) is 24. The Kier molecular flexibility index (Phi) is 52.3. The molecule has 0 bridgehead atoms. The van der Waals surface area contributed by atoms with Gasteiger partial charge in [-0.05, 0) is 71.4 Å². The molecule has 1 heteroatoms. The molecular weight excluding hydrogens is 482 g/mol. The molecule has 0 fully saturated rings. The largest absolute Gasteiger partial charge is 0.320 e. The van der Waals surface area contributed by atoms with E-state index in [1.807, 2.05) is 7.05 Å². The molecule has 0 amide bonds. The number of rotatable bonds is 30. The fourth-order valence-electron chi connectivity index (χ4n) is 4.87. The minimum atomic E-state index is 1.18. The minimum Gasteiger partial charge on any atom is -0.320 e. The Morgan fingerprint density at radius 1 is 0.350 bits per heavy atom. The van der Waals surface area contributed by atoms with Crippen molar-refractivity contribution in [2.45, 2.75) is 201 Å². The molecule has 0 aliphatic carbocycles. The monoisotopic (exact) mass is 562 g/mol. The van der Waals surface area contributed by atoms with Crippen LogP contribution in [0.25, 0.3) is 0 Å². The molecule has 240 valence electrons. The summed E-state index contributed by atoms with van der Waals surface area (Å²) in [5.74, 6) is 0. The topological polar surface area (TPSA) is 12.0 Å². The summed E-state index contributed by atoms with van der Waals surface area (Å²) in [4.78, 5) is 0. The lowest BCUT2D eigenvalue weighted by Crippen LogP contribution is -2.06. The fraction of sp³-hybridized carbons (Fsp3) is 0.846. The van der Waals surface area contributed by atoms with E-state index in [0.29, 0.717) is 0 Å². The predicted octanol–water partition coefficient (Wildman–Crippen LogP) is 14.1. The lowest BCUT2D eigenvalue weighted by atomic mass is 10.1. The second kappa shape index (κ2) is 47.9. The normalized spacial score (nSPS) is 11.0. The molecule has 0 saturated heterocycles. The Bertz CT molecular complexity index is 420. The van der Waals surface area contributed by atoms with E-state index in [1.165, 1.54) is 186 Å². The molecule has 0 aromatic heterocycles. The van der Waals surface area contributed by atoms with Crippen molar-refractivity contribution in [1.29, 1.82) is 0 Å². The van der Waals surface area contributed by atoms with Crippen molar-refractivity contribution in [3.05, 3.63) is 37.5 Å². The molecule has 0 saturated carbocycles. The summed E-state index contributed by atoms with van der Waals surface area (Å²) in [5.41, 5.74) is 0. The zero-order valence-corrected chi connectivity index (χ0v) is 28.7. The Balaban J connectivity index is -0.000000647. The van der Waals surface area contributed by atoms with Crippen molar-refractivity contribution in [2.24, 2.45) is 0 Å². The van der Waals surface area contributed by atoms with E-state index < -0.39 is 0 Å². The number of allylic oxidation sites excluding steroid dienone is 4. The average Bonchev–Trinajstić information content (AvgIpc) is 2.98. The van der Waals surface area contributed by atoms with E-state index in [2.05, 4.69) is 63.5 Å². The van der Waals surface area contributed by atoms with E-state index in [4.69, 9.17) is 0 Å². The minimum absolute atomic E-state index is 1.18. The summed E-state index contributed by atoms with van der Waals surface area (Å²) in [6.45, 7) is 14.0. The first-order valence-electron chi connectivity index (χ1n) is 18.3. The highest BCUT2D eigenvalue weighted by molar-refractivity contribution is 4.82. The van der Waals surface area contributed by atoms with Gasteiger partial charge in [-0.1, -0.05) is 167 Å². The van der Waals surface area contributed by atoms with Gasteiger partial charge in [0.15, 0.2) is 0 Å². The summed E-state index contributed by atoms with van der Waals surface area (Å²) in [7, 11) is 2.04. The molecule has 40 heavy (non-hydrogen) atoms. The van der Waals surface area contributed by atoms with Crippen molar-refractivity contribution >= 4 is 0 Å². The number of hydrogen-bond donors (Lipinski definition) is 1. The van der Waals surface area contributed by atoms with Crippen LogP contribution in [0.1, 0.15) is 201 Å². The SMILES string of the molecule is C=C.CCCCCCCC/C=C\CCCCCCCC.CCCCCCCC/C=C\CCCCCCCCNC. The van der Waals surface area contributed by atoms with Crippen molar-refractivity contribution < 1.29 is 0 Å². The zero-order chi connectivity index (χ0) is 30.0. The molecule has 0 spiro atoms. The Hall–Kier alpha value is -0.820. The standard InChI is InChI=1S/C19H39N.C18H36.C2H4/c1-3-4-5-6-7-8-9-10-11-12-13-14-15-16-17-18-19-20-2;1-3-5-7-9-11-13-15-17-18-16-14-12-10-8-6-4-2;1-2/h10-11,20H,3-9,12-19H2,1-2H3;17-18H,3-16H2,1-2H3;1-2H2/b11-10-;18-17-;. The van der Waals surface area contributed by atoms with Crippen LogP contribution in [0.5, 0.6) is 0 Å². The molecule has 0 aromatic rings. The molecule has 1 N–H and O–H groups in total. The van der Waals surface area contributed by atoms with E-state index >= 15 is 0 Å². The predicted molar refractivity (Wildman–Crippen MR) is 190 cm³/mol. The van der Waals surface area contributed by atoms with Gasteiger partial charge in [0.25, 0.3) is 0 Å². The van der Waals surface area contributed by atoms with Crippen molar-refractivity contribution in [1.82, 2.24) is 5.32 Å². The van der Waals surface area contributed by atoms with E-state index in [-0.39, 0.29) is 0 Å². The molecular formula is C39H79N. The van der Waals surface area contributed by atoms with E-state index in [9.17, 15) is 0 Å². The molecule has 1 nitrogen and oxygen atoms in total. The van der Waals surface area contributed by atoms with Crippen LogP contribution in [0.4, 0.5) is 0 Å². The van der Waals surface area contributed by atoms with Crippen molar-refractivity contribution in [3.8, 4) is 0 Å². The molecule has 0 aromatic carbocycles. The van der Waals surface area contributed by atoms with Crippen LogP contribution in [0.3, 0.4) is 0 Å². The van der Waals surface area contributed by atoms with Gasteiger partial charge >= 0.3 is 0 Å². The second-order valence-corrected chi connectivity index (χ2v) is 11.6. The van der Waals surface area contributed by atoms with Gasteiger partial charge < -0.3 is 5.32 Å². The first-order valence-corrected chi connectivity index (χ1v) is 18.3. The van der Waals surface area contributed by atoms with Crippen LogP contribution in [0.2, 0.25) is 0 Å². The molecule has 0 atom stereocenters. The third-order valence-electron chi connectivity index (χ3n) is 7.55. The van der Waals surface area contributed by atoms with Crippen LogP contribution >= 0.6 is 0 Å². The van der Waals surface area contributed by atoms with Gasteiger partial charge in [0, 0.05) is 0 Å². The third kappa shape index (κ3) is 50.1. The summed E-state index contributed by atoms with van der Waals surface area (Å²) < 4.78 is 0. The number of hydrogen-bond acceptors (Lipinski definition) is 1. The van der Waals surface area contributed by atoms with Gasteiger partial charge in [-0.15, -0.1) is 13.2 Å². The molecule has 0 rings (SSSR count). The highest BCUT2D eigenvalue weighted by Gasteiger charge is 1.92. The van der Waals surface area contributed by atoms with Gasteiger partial charge in [0.2, 0.25) is 0 Å². The van der Waals surface area contributed by atoms with Gasteiger partial charge in [-0.3, -0.25) is 0 Å². The molecule has 0 unspecified atom stereocenters. The zero-order valence-electron chi connectivity index (χ0n) is 28.7. The smallest absolute Gasteiger partial charge is 0.00519 e. The maximum absolute atomic E-state index is 3.21. The van der Waals surface area contributed by atoms with Gasteiger partial charge in [-0.25, -0.2) is 0 Å². The van der Waals surface area contributed by atoms with Crippen LogP contribution < -0.4 is 5.32 Å². The highest BCUT2D eigenvalue weighted by Crippen LogP contribution is 2.11. The van der Waals surface area contributed by atoms with E-state index in [0.717, 1.165) is 0 Å². The molecule has 0 aliphatic heterocycles. The van der Waals surface area contributed by atoms with E-state index in [1.54, 1.807) is 0 Å². The Morgan fingerprint density at radius 3 is 0.825 bits per heavy atom. The fourth-order valence-corrected chi connectivity index (χ4v) is 4.87. The lowest BCUT2D eigenvalue weighted by molar-refractivity contribution is 0.583. The van der Waals surface area contributed by atoms with Gasteiger partial charge in [0.05, 0.1) is 0 Å². The Morgan fingerprint density at radius 2 is 0.575 bits per heavy atom. The van der Waals surface area contributed by atoms with Crippen LogP contribution in [-0.2, 0) is 0 Å². The van der Waals surface area contributed by atoms with Crippen molar-refractivity contribution in [2.75, 3.05) is 13.6 Å². The van der Waals surface area contributed by atoms with Crippen LogP contribution in [-0.4, -0.2) is 13.6 Å². The lowest BCUT2D eigenvalue weighted by Gasteiger charge is -2.00. The first kappa shape index (κ1) is 43.6. The average molecular weight is 562 g/mol. The molecule has 0 radical (unpaired) electrons. The third-order valence-corrected chi connectivity index (χ3v) is 7.55. The van der Waals surface area contributed by atoms with Gasteiger partial charge in [-0.2, -0.15) is 0 Å². The maximum Gasteiger partial charge on any atom is -0.00519 e. The number of nitrogens with one attached hydrogen (secondary N) is 1. The summed E-state index contributed by atoms with van der Waals surface area (Å²) in [5, 5.41) is 3.21. The van der Waals surface area contributed by atoms with Gasteiger partial charge in [0.1, 0.15) is 0 Å². The summed E-state index contributed by atoms with van der Waals surface area (Å²) >= 11 is 0. The maximum atomic E-state index is 3.21. The highest BCUT2D eigenvalue weighted by atomic mass is 14.8. The van der Waals surface area contributed by atoms with Crippen LogP contribution in [0, 0.1) is 0 Å².